The first-order chi connectivity index (χ1) is 6.59. The number of halogens is 1. The number of phenolic OH excluding ortho intramolecular Hbond substituents is 1. The van der Waals surface area contributed by atoms with Crippen LogP contribution in [-0.4, -0.2) is 30.6 Å². The number of phenols is 1. The van der Waals surface area contributed by atoms with Crippen molar-refractivity contribution in [2.24, 2.45) is 0 Å². The maximum atomic E-state index is 12.8. The van der Waals surface area contributed by atoms with Crippen molar-refractivity contribution in [1.29, 1.82) is 0 Å². The first-order valence-corrected chi connectivity index (χ1v) is 4.71. The van der Waals surface area contributed by atoms with Crippen LogP contribution in [0, 0.1) is 5.82 Å². The summed E-state index contributed by atoms with van der Waals surface area (Å²) in [5, 5.41) is 9.42. The molecule has 1 rings (SSSR count). The van der Waals surface area contributed by atoms with Gasteiger partial charge in [0.05, 0.1) is 0 Å². The molecule has 0 fully saturated rings. The number of hydrogen-bond acceptors (Lipinski definition) is 2. The molecule has 0 aliphatic heterocycles. The third-order valence-electron chi connectivity index (χ3n) is 2.09. The van der Waals surface area contributed by atoms with E-state index in [0.717, 1.165) is 13.0 Å². The molecule has 0 saturated carbocycles. The second-order valence-electron chi connectivity index (χ2n) is 3.68. The second-order valence-corrected chi connectivity index (χ2v) is 3.68. The Morgan fingerprint density at radius 3 is 2.71 bits per heavy atom. The van der Waals surface area contributed by atoms with Crippen molar-refractivity contribution in [3.63, 3.8) is 0 Å². The summed E-state index contributed by atoms with van der Waals surface area (Å²) in [4.78, 5) is 2.07. The molecular formula is C11H16FNO. The average Bonchev–Trinajstić information content (AvgIpc) is 2.10. The number of aromatic hydroxyl groups is 1. The largest absolute Gasteiger partial charge is 0.508 e. The lowest BCUT2D eigenvalue weighted by molar-refractivity contribution is 0.397. The Morgan fingerprint density at radius 1 is 1.36 bits per heavy atom. The molecule has 0 atom stereocenters. The highest BCUT2D eigenvalue weighted by Gasteiger charge is 2.02. The number of nitrogens with zero attached hydrogens (tertiary/aromatic N) is 1. The molecule has 0 unspecified atom stereocenters. The Kier molecular flexibility index (Phi) is 3.89. The number of benzene rings is 1. The summed E-state index contributed by atoms with van der Waals surface area (Å²) in [5.41, 5.74) is 0.687. The minimum absolute atomic E-state index is 0.185. The van der Waals surface area contributed by atoms with Crippen LogP contribution in [0.15, 0.2) is 18.2 Å². The van der Waals surface area contributed by atoms with Crippen LogP contribution in [0.2, 0.25) is 0 Å². The first kappa shape index (κ1) is 11.0. The first-order valence-electron chi connectivity index (χ1n) is 4.71. The Morgan fingerprint density at radius 2 is 2.07 bits per heavy atom. The van der Waals surface area contributed by atoms with Gasteiger partial charge in [-0.3, -0.25) is 0 Å². The standard InChI is InChI=1S/C11H16FNO/c1-13(2)7-3-4-9-8-10(12)5-6-11(9)14/h5-6,8,14H,3-4,7H2,1-2H3. The molecule has 0 amide bonds. The van der Waals surface area contributed by atoms with Gasteiger partial charge in [-0.1, -0.05) is 0 Å². The fourth-order valence-corrected chi connectivity index (χ4v) is 1.34. The maximum absolute atomic E-state index is 12.8. The van der Waals surface area contributed by atoms with E-state index < -0.39 is 0 Å². The predicted molar refractivity (Wildman–Crippen MR) is 54.9 cm³/mol. The van der Waals surface area contributed by atoms with Gasteiger partial charge < -0.3 is 10.0 Å². The summed E-state index contributed by atoms with van der Waals surface area (Å²) in [6.45, 7) is 0.940. The summed E-state index contributed by atoms with van der Waals surface area (Å²) >= 11 is 0. The number of rotatable bonds is 4. The zero-order valence-electron chi connectivity index (χ0n) is 8.63. The van der Waals surface area contributed by atoms with Gasteiger partial charge in [-0.25, -0.2) is 4.39 Å². The van der Waals surface area contributed by atoms with Gasteiger partial charge in [0.25, 0.3) is 0 Å². The van der Waals surface area contributed by atoms with Gasteiger partial charge in [0.1, 0.15) is 11.6 Å². The Bertz CT molecular complexity index is 299. The van der Waals surface area contributed by atoms with E-state index in [1.807, 2.05) is 14.1 Å². The van der Waals surface area contributed by atoms with Gasteiger partial charge in [0, 0.05) is 0 Å². The molecule has 78 valence electrons. The van der Waals surface area contributed by atoms with Crippen LogP contribution < -0.4 is 0 Å². The molecule has 14 heavy (non-hydrogen) atoms. The highest BCUT2D eigenvalue weighted by atomic mass is 19.1. The summed E-state index contributed by atoms with van der Waals surface area (Å²) in [6.07, 6.45) is 1.63. The summed E-state index contributed by atoms with van der Waals surface area (Å²) in [7, 11) is 3.98. The molecule has 0 saturated heterocycles. The van der Waals surface area contributed by atoms with E-state index in [9.17, 15) is 9.50 Å². The van der Waals surface area contributed by atoms with Gasteiger partial charge in [-0.05, 0) is 57.2 Å². The molecule has 0 heterocycles. The fourth-order valence-electron chi connectivity index (χ4n) is 1.34. The highest BCUT2D eigenvalue weighted by Crippen LogP contribution is 2.19. The predicted octanol–water partition coefficient (Wildman–Crippen LogP) is 2.03. The molecule has 0 spiro atoms. The fraction of sp³-hybridized carbons (Fsp3) is 0.455. The van der Waals surface area contributed by atoms with Gasteiger partial charge in [0.2, 0.25) is 0 Å². The lowest BCUT2D eigenvalue weighted by atomic mass is 10.1. The van der Waals surface area contributed by atoms with Gasteiger partial charge in [-0.2, -0.15) is 0 Å². The highest BCUT2D eigenvalue weighted by molar-refractivity contribution is 5.32. The van der Waals surface area contributed by atoms with Gasteiger partial charge in [-0.15, -0.1) is 0 Å². The minimum atomic E-state index is -0.289. The number of aryl methyl sites for hydroxylation is 1. The van der Waals surface area contributed by atoms with Crippen molar-refractivity contribution in [3.8, 4) is 5.75 Å². The summed E-state index contributed by atoms with van der Waals surface area (Å²) in [5.74, 6) is -0.104. The monoisotopic (exact) mass is 197 g/mol. The number of hydrogen-bond donors (Lipinski definition) is 1. The van der Waals surface area contributed by atoms with Crippen LogP contribution in [0.25, 0.3) is 0 Å². The molecule has 1 aromatic carbocycles. The molecule has 2 nitrogen and oxygen atoms in total. The van der Waals surface area contributed by atoms with Crippen molar-refractivity contribution in [2.75, 3.05) is 20.6 Å². The van der Waals surface area contributed by atoms with Crippen molar-refractivity contribution in [1.82, 2.24) is 4.90 Å². The van der Waals surface area contributed by atoms with Crippen LogP contribution in [0.4, 0.5) is 4.39 Å². The smallest absolute Gasteiger partial charge is 0.123 e. The van der Waals surface area contributed by atoms with Crippen LogP contribution in [0.3, 0.4) is 0 Å². The Hall–Kier alpha value is -1.09. The Labute approximate surface area is 84.0 Å². The van der Waals surface area contributed by atoms with Crippen molar-refractivity contribution in [3.05, 3.63) is 29.6 Å². The molecule has 3 heteroatoms. The van der Waals surface area contributed by atoms with E-state index in [4.69, 9.17) is 0 Å². The molecule has 0 aromatic heterocycles. The zero-order chi connectivity index (χ0) is 10.6. The third-order valence-corrected chi connectivity index (χ3v) is 2.09. The molecular weight excluding hydrogens is 181 g/mol. The molecule has 0 aliphatic rings. The minimum Gasteiger partial charge on any atom is -0.508 e. The molecule has 0 bridgehead atoms. The normalized spacial score (nSPS) is 10.9. The topological polar surface area (TPSA) is 23.5 Å². The van der Waals surface area contributed by atoms with E-state index >= 15 is 0 Å². The zero-order valence-corrected chi connectivity index (χ0v) is 8.63. The second kappa shape index (κ2) is 4.96. The van der Waals surface area contributed by atoms with Gasteiger partial charge >= 0.3 is 0 Å². The summed E-state index contributed by atoms with van der Waals surface area (Å²) in [6, 6.07) is 4.07. The van der Waals surface area contributed by atoms with E-state index in [2.05, 4.69) is 4.90 Å². The average molecular weight is 197 g/mol. The molecule has 0 aliphatic carbocycles. The van der Waals surface area contributed by atoms with Crippen LogP contribution in [0.5, 0.6) is 5.75 Å². The molecule has 1 aromatic rings. The molecule has 0 radical (unpaired) electrons. The van der Waals surface area contributed by atoms with Crippen molar-refractivity contribution in [2.45, 2.75) is 12.8 Å². The van der Waals surface area contributed by atoms with Crippen molar-refractivity contribution >= 4 is 0 Å². The van der Waals surface area contributed by atoms with Crippen LogP contribution in [-0.2, 0) is 6.42 Å². The molecule has 1 N–H and O–H groups in total. The SMILES string of the molecule is CN(C)CCCc1cc(F)ccc1O. The van der Waals surface area contributed by atoms with E-state index in [-0.39, 0.29) is 11.6 Å². The third kappa shape index (κ3) is 3.34. The van der Waals surface area contributed by atoms with Crippen LogP contribution >= 0.6 is 0 Å². The Balaban J connectivity index is 2.53. The quantitative estimate of drug-likeness (QED) is 0.798. The van der Waals surface area contributed by atoms with E-state index in [1.54, 1.807) is 0 Å². The van der Waals surface area contributed by atoms with Gasteiger partial charge in [0.15, 0.2) is 0 Å². The lowest BCUT2D eigenvalue weighted by Crippen LogP contribution is -2.13. The maximum Gasteiger partial charge on any atom is 0.123 e. The van der Waals surface area contributed by atoms with E-state index in [0.29, 0.717) is 12.0 Å². The lowest BCUT2D eigenvalue weighted by Gasteiger charge is -2.09. The van der Waals surface area contributed by atoms with E-state index in [1.165, 1.54) is 18.2 Å². The van der Waals surface area contributed by atoms with Crippen LogP contribution in [0.1, 0.15) is 12.0 Å². The summed E-state index contributed by atoms with van der Waals surface area (Å²) < 4.78 is 12.8. The van der Waals surface area contributed by atoms with Crippen molar-refractivity contribution < 1.29 is 9.50 Å².